The molecule has 0 aliphatic carbocycles. The summed E-state index contributed by atoms with van der Waals surface area (Å²) in [5, 5.41) is 2.71. The van der Waals surface area contributed by atoms with Crippen LogP contribution >= 0.6 is 0 Å². The second-order valence-corrected chi connectivity index (χ2v) is 5.35. The molecule has 0 unspecified atom stereocenters. The highest BCUT2D eigenvalue weighted by molar-refractivity contribution is 6.06. The van der Waals surface area contributed by atoms with E-state index in [1.165, 1.54) is 5.56 Å². The highest BCUT2D eigenvalue weighted by Crippen LogP contribution is 2.20. The van der Waals surface area contributed by atoms with Gasteiger partial charge in [0.25, 0.3) is 0 Å². The molecule has 1 aliphatic heterocycles. The van der Waals surface area contributed by atoms with Crippen molar-refractivity contribution in [1.29, 1.82) is 0 Å². The van der Waals surface area contributed by atoms with Crippen LogP contribution in [0.15, 0.2) is 24.3 Å². The van der Waals surface area contributed by atoms with E-state index in [2.05, 4.69) is 19.2 Å². The molecule has 0 bridgehead atoms. The van der Waals surface area contributed by atoms with Crippen LogP contribution in [0.3, 0.4) is 0 Å². The summed E-state index contributed by atoms with van der Waals surface area (Å²) < 4.78 is 0. The van der Waals surface area contributed by atoms with Crippen molar-refractivity contribution in [2.24, 2.45) is 0 Å². The fourth-order valence-electron chi connectivity index (χ4n) is 2.27. The predicted molar refractivity (Wildman–Crippen MR) is 79.7 cm³/mol. The van der Waals surface area contributed by atoms with Gasteiger partial charge in [-0.15, -0.1) is 0 Å². The number of imide groups is 1. The van der Waals surface area contributed by atoms with Gasteiger partial charge in [-0.1, -0.05) is 26.0 Å². The normalized spacial score (nSPS) is 16.2. The Morgan fingerprint density at radius 1 is 1.19 bits per heavy atom. The van der Waals surface area contributed by atoms with Crippen molar-refractivity contribution < 1.29 is 14.4 Å². The minimum absolute atomic E-state index is 0.204. The van der Waals surface area contributed by atoms with Crippen LogP contribution in [-0.4, -0.2) is 29.2 Å². The summed E-state index contributed by atoms with van der Waals surface area (Å²) in [6.45, 7) is 4.08. The van der Waals surface area contributed by atoms with E-state index in [-0.39, 0.29) is 37.1 Å². The molecule has 1 fully saturated rings. The molecule has 1 heterocycles. The third-order valence-corrected chi connectivity index (χ3v) is 3.83. The molecule has 1 aromatic rings. The van der Waals surface area contributed by atoms with Gasteiger partial charge in [0.05, 0.1) is 0 Å². The van der Waals surface area contributed by atoms with Gasteiger partial charge < -0.3 is 5.32 Å². The number of hydrogen-bond donors (Lipinski definition) is 1. The van der Waals surface area contributed by atoms with Crippen LogP contribution in [0.4, 0.5) is 5.69 Å². The van der Waals surface area contributed by atoms with Crippen molar-refractivity contribution in [2.75, 3.05) is 11.9 Å². The highest BCUT2D eigenvalue weighted by Gasteiger charge is 2.30. The second kappa shape index (κ2) is 6.52. The van der Waals surface area contributed by atoms with Gasteiger partial charge in [0.2, 0.25) is 17.7 Å². The lowest BCUT2D eigenvalue weighted by molar-refractivity contribution is -0.141. The van der Waals surface area contributed by atoms with Crippen LogP contribution in [0.25, 0.3) is 0 Å². The van der Waals surface area contributed by atoms with E-state index in [4.69, 9.17) is 0 Å². The first-order valence-corrected chi connectivity index (χ1v) is 7.24. The van der Waals surface area contributed by atoms with Gasteiger partial charge in [-0.05, 0) is 30.0 Å². The van der Waals surface area contributed by atoms with Gasteiger partial charge in [0.1, 0.15) is 6.54 Å². The number of benzene rings is 1. The van der Waals surface area contributed by atoms with Crippen molar-refractivity contribution in [3.63, 3.8) is 0 Å². The smallest absolute Gasteiger partial charge is 0.244 e. The van der Waals surface area contributed by atoms with Crippen molar-refractivity contribution in [2.45, 2.75) is 39.0 Å². The lowest BCUT2D eigenvalue weighted by Crippen LogP contribution is -2.36. The third kappa shape index (κ3) is 3.68. The van der Waals surface area contributed by atoms with Crippen LogP contribution in [0, 0.1) is 0 Å². The Bertz CT molecular complexity index is 535. The molecule has 5 nitrogen and oxygen atoms in total. The zero-order chi connectivity index (χ0) is 15.4. The topological polar surface area (TPSA) is 66.5 Å². The number of carbonyl (C=O) groups is 3. The van der Waals surface area contributed by atoms with Crippen molar-refractivity contribution in [3.05, 3.63) is 29.8 Å². The van der Waals surface area contributed by atoms with Crippen LogP contribution in [-0.2, 0) is 14.4 Å². The molecular formula is C16H20N2O3. The van der Waals surface area contributed by atoms with Crippen molar-refractivity contribution >= 4 is 23.4 Å². The third-order valence-electron chi connectivity index (χ3n) is 3.83. The molecule has 3 amide bonds. The lowest BCUT2D eigenvalue weighted by atomic mass is 9.99. The van der Waals surface area contributed by atoms with E-state index in [0.29, 0.717) is 11.6 Å². The molecule has 0 spiro atoms. The molecule has 1 atom stereocenters. The zero-order valence-electron chi connectivity index (χ0n) is 12.4. The highest BCUT2D eigenvalue weighted by atomic mass is 16.2. The first-order valence-electron chi connectivity index (χ1n) is 7.24. The van der Waals surface area contributed by atoms with Crippen molar-refractivity contribution in [3.8, 4) is 0 Å². The van der Waals surface area contributed by atoms with E-state index in [1.807, 2.05) is 24.3 Å². The van der Waals surface area contributed by atoms with E-state index in [0.717, 1.165) is 11.3 Å². The number of rotatable bonds is 5. The summed E-state index contributed by atoms with van der Waals surface area (Å²) >= 11 is 0. The molecule has 21 heavy (non-hydrogen) atoms. The maximum atomic E-state index is 11.9. The number of amides is 3. The monoisotopic (exact) mass is 288 g/mol. The minimum atomic E-state index is -0.352. The van der Waals surface area contributed by atoms with Gasteiger partial charge in [0, 0.05) is 18.5 Å². The molecule has 0 radical (unpaired) electrons. The Kier molecular flexibility index (Phi) is 4.73. The van der Waals surface area contributed by atoms with Crippen LogP contribution < -0.4 is 5.32 Å². The number of carbonyl (C=O) groups excluding carboxylic acids is 3. The largest absolute Gasteiger partial charge is 0.325 e. The number of hydrogen-bond acceptors (Lipinski definition) is 3. The Morgan fingerprint density at radius 3 is 2.29 bits per heavy atom. The van der Waals surface area contributed by atoms with Crippen LogP contribution in [0.1, 0.15) is 44.6 Å². The van der Waals surface area contributed by atoms with E-state index < -0.39 is 0 Å². The van der Waals surface area contributed by atoms with E-state index in [9.17, 15) is 14.4 Å². The molecule has 2 rings (SSSR count). The lowest BCUT2D eigenvalue weighted by Gasteiger charge is -2.14. The van der Waals surface area contributed by atoms with Crippen molar-refractivity contribution in [1.82, 2.24) is 4.90 Å². The zero-order valence-corrected chi connectivity index (χ0v) is 12.4. The van der Waals surface area contributed by atoms with Gasteiger partial charge in [-0.3, -0.25) is 19.3 Å². The molecule has 1 aromatic carbocycles. The summed E-state index contributed by atoms with van der Waals surface area (Å²) in [7, 11) is 0. The molecule has 0 saturated carbocycles. The fourth-order valence-corrected chi connectivity index (χ4v) is 2.27. The molecule has 5 heteroatoms. The van der Waals surface area contributed by atoms with Crippen LogP contribution in [0.5, 0.6) is 0 Å². The summed E-state index contributed by atoms with van der Waals surface area (Å²) in [6, 6.07) is 7.64. The van der Waals surface area contributed by atoms with E-state index in [1.54, 1.807) is 0 Å². The fraction of sp³-hybridized carbons (Fsp3) is 0.438. The minimum Gasteiger partial charge on any atom is -0.325 e. The Hall–Kier alpha value is -2.17. The number of nitrogens with zero attached hydrogens (tertiary/aromatic N) is 1. The SMILES string of the molecule is CC[C@@H](C)c1ccc(NC(=O)CN2C(=O)CCC2=O)cc1. The van der Waals surface area contributed by atoms with E-state index >= 15 is 0 Å². The maximum absolute atomic E-state index is 11.9. The Morgan fingerprint density at radius 2 is 1.76 bits per heavy atom. The standard InChI is InChI=1S/C16H20N2O3/c1-3-11(2)12-4-6-13(7-5-12)17-14(19)10-18-15(20)8-9-16(18)21/h4-7,11H,3,8-10H2,1-2H3,(H,17,19)/t11-/m1/s1. The number of likely N-dealkylation sites (tertiary alicyclic amines) is 1. The number of nitrogens with one attached hydrogen (secondary N) is 1. The Balaban J connectivity index is 1.93. The summed E-state index contributed by atoms with van der Waals surface area (Å²) in [6.07, 6.45) is 1.47. The van der Waals surface area contributed by atoms with Gasteiger partial charge in [-0.2, -0.15) is 0 Å². The predicted octanol–water partition coefficient (Wildman–Crippen LogP) is 2.29. The summed E-state index contributed by atoms with van der Waals surface area (Å²) in [5.41, 5.74) is 1.89. The molecular weight excluding hydrogens is 268 g/mol. The van der Waals surface area contributed by atoms with Gasteiger partial charge in [-0.25, -0.2) is 0 Å². The average molecular weight is 288 g/mol. The number of anilines is 1. The average Bonchev–Trinajstić information content (AvgIpc) is 2.79. The maximum Gasteiger partial charge on any atom is 0.244 e. The van der Waals surface area contributed by atoms with Gasteiger partial charge >= 0.3 is 0 Å². The molecule has 1 saturated heterocycles. The first-order chi connectivity index (χ1) is 10.0. The molecule has 1 aliphatic rings. The summed E-state index contributed by atoms with van der Waals surface area (Å²) in [5.74, 6) is -0.422. The second-order valence-electron chi connectivity index (χ2n) is 5.35. The molecule has 0 aromatic heterocycles. The molecule has 112 valence electrons. The van der Waals surface area contributed by atoms with Gasteiger partial charge in [0.15, 0.2) is 0 Å². The van der Waals surface area contributed by atoms with Crippen LogP contribution in [0.2, 0.25) is 0 Å². The quantitative estimate of drug-likeness (QED) is 0.845. The summed E-state index contributed by atoms with van der Waals surface area (Å²) in [4.78, 5) is 35.8. The first kappa shape index (κ1) is 15.2. The molecule has 1 N–H and O–H groups in total. The Labute approximate surface area is 124 Å².